The number of hydrogen-bond acceptors (Lipinski definition) is 2. The van der Waals surface area contributed by atoms with Crippen LogP contribution in [0.5, 0.6) is 0 Å². The average molecular weight is 419 g/mol. The maximum absolute atomic E-state index is 2.54. The minimum atomic E-state index is -1.61. The highest BCUT2D eigenvalue weighted by molar-refractivity contribution is 7.33. The molecule has 0 fully saturated rings. The first-order valence-electron chi connectivity index (χ1n) is 11.4. The van der Waals surface area contributed by atoms with E-state index >= 15 is 0 Å². The third-order valence-corrected chi connectivity index (χ3v) is 15.4. The van der Waals surface area contributed by atoms with Gasteiger partial charge in [-0.1, -0.05) is 85.1 Å². The number of fused-ring (bicyclic) bond motifs is 3. The zero-order valence-corrected chi connectivity index (χ0v) is 20.5. The van der Waals surface area contributed by atoms with E-state index in [0.29, 0.717) is 0 Å². The van der Waals surface area contributed by atoms with E-state index in [1.807, 2.05) is 21.0 Å². The molecular weight excluding hydrogens is 380 g/mol. The fourth-order valence-electron chi connectivity index (χ4n) is 5.24. The van der Waals surface area contributed by atoms with Crippen molar-refractivity contribution in [3.63, 3.8) is 0 Å². The van der Waals surface area contributed by atoms with Crippen molar-refractivity contribution < 1.29 is 0 Å². The lowest BCUT2D eigenvalue weighted by molar-refractivity contribution is 0.469. The Bertz CT molecular complexity index is 639. The molecule has 1 aliphatic rings. The van der Waals surface area contributed by atoms with E-state index in [9.17, 15) is 0 Å². The van der Waals surface area contributed by atoms with Crippen molar-refractivity contribution in [1.29, 1.82) is 0 Å². The van der Waals surface area contributed by atoms with Gasteiger partial charge >= 0.3 is 0 Å². The number of hydrogen-bond donors (Lipinski definition) is 0. The summed E-state index contributed by atoms with van der Waals surface area (Å²) in [6.45, 7) is 9.58. The van der Waals surface area contributed by atoms with Crippen LogP contribution in [0, 0.1) is 11.8 Å². The Hall–Kier alpha value is -0.383. The van der Waals surface area contributed by atoms with E-state index in [1.54, 1.807) is 10.4 Å². The molecule has 0 spiro atoms. The first kappa shape index (κ1) is 21.3. The highest BCUT2D eigenvalue weighted by atomic mass is 32.1. The van der Waals surface area contributed by atoms with Crippen LogP contribution in [0.2, 0.25) is 12.1 Å². The van der Waals surface area contributed by atoms with Crippen LogP contribution in [-0.4, -0.2) is 8.07 Å². The van der Waals surface area contributed by atoms with Gasteiger partial charge in [-0.05, 0) is 45.9 Å². The van der Waals surface area contributed by atoms with Crippen LogP contribution in [0.4, 0.5) is 0 Å². The third-order valence-electron chi connectivity index (χ3n) is 6.89. The summed E-state index contributed by atoms with van der Waals surface area (Å²) < 4.78 is 1.84. The van der Waals surface area contributed by atoms with Gasteiger partial charge in [0.15, 0.2) is 0 Å². The van der Waals surface area contributed by atoms with Gasteiger partial charge in [0.1, 0.15) is 8.07 Å². The Kier molecular flexibility index (Phi) is 7.81. The molecule has 2 aromatic heterocycles. The molecule has 2 aromatic rings. The van der Waals surface area contributed by atoms with Gasteiger partial charge in [-0.3, -0.25) is 0 Å². The lowest BCUT2D eigenvalue weighted by Crippen LogP contribution is -2.56. The van der Waals surface area contributed by atoms with Crippen molar-refractivity contribution in [2.45, 2.75) is 91.1 Å². The van der Waals surface area contributed by atoms with Gasteiger partial charge in [0, 0.05) is 14.9 Å². The molecule has 3 heteroatoms. The van der Waals surface area contributed by atoms with Gasteiger partial charge in [-0.2, -0.15) is 11.3 Å². The summed E-state index contributed by atoms with van der Waals surface area (Å²) in [5.41, 5.74) is 1.63. The Morgan fingerprint density at radius 3 is 1.96 bits per heavy atom. The molecule has 1 aliphatic heterocycles. The lowest BCUT2D eigenvalue weighted by Gasteiger charge is -2.35. The molecule has 0 radical (unpaired) electrons. The zero-order valence-electron chi connectivity index (χ0n) is 17.9. The van der Waals surface area contributed by atoms with Crippen LogP contribution in [0.25, 0.3) is 10.4 Å². The normalized spacial score (nSPS) is 20.4. The molecule has 0 N–H and O–H groups in total. The average Bonchev–Trinajstić information content (AvgIpc) is 3.39. The molecule has 3 rings (SSSR count). The van der Waals surface area contributed by atoms with Crippen LogP contribution in [-0.2, 0) is 0 Å². The molecule has 0 bridgehead atoms. The molecule has 2 unspecified atom stereocenters. The molecule has 0 saturated heterocycles. The second-order valence-corrected chi connectivity index (χ2v) is 14.9. The zero-order chi connectivity index (χ0) is 19.3. The Labute approximate surface area is 176 Å². The van der Waals surface area contributed by atoms with E-state index in [2.05, 4.69) is 61.9 Å². The van der Waals surface area contributed by atoms with Crippen molar-refractivity contribution in [1.82, 2.24) is 0 Å². The maximum Gasteiger partial charge on any atom is 0.134 e. The first-order chi connectivity index (χ1) is 13.2. The van der Waals surface area contributed by atoms with Crippen molar-refractivity contribution in [2.75, 3.05) is 0 Å². The monoisotopic (exact) mass is 418 g/mol. The van der Waals surface area contributed by atoms with E-state index < -0.39 is 8.07 Å². The summed E-state index contributed by atoms with van der Waals surface area (Å²) in [4.78, 5) is 1.65. The van der Waals surface area contributed by atoms with Gasteiger partial charge in [-0.25, -0.2) is 0 Å². The molecule has 150 valence electrons. The SMILES string of the molecule is CCCCC(CC)C[Si]1(CC(CC)CCCC)c2ccsc2-c2ccsc21. The number of rotatable bonds is 12. The van der Waals surface area contributed by atoms with Gasteiger partial charge in [-0.15, -0.1) is 11.3 Å². The predicted molar refractivity (Wildman–Crippen MR) is 129 cm³/mol. The quantitative estimate of drug-likeness (QED) is 0.309. The van der Waals surface area contributed by atoms with Crippen LogP contribution >= 0.6 is 22.7 Å². The molecule has 0 aromatic carbocycles. The van der Waals surface area contributed by atoms with Crippen molar-refractivity contribution in [3.8, 4) is 10.4 Å². The molecule has 3 heterocycles. The second kappa shape index (κ2) is 9.89. The topological polar surface area (TPSA) is 0 Å². The standard InChI is InChI=1S/C24H38S2Si/c1-5-9-11-19(7-3)17-27(18-20(8-4)12-10-6-2)22-14-16-25-23(22)21-13-15-26-24(21)27/h13-16,19-20H,5-12,17-18H2,1-4H3. The van der Waals surface area contributed by atoms with Gasteiger partial charge < -0.3 is 0 Å². The van der Waals surface area contributed by atoms with Gasteiger partial charge in [0.2, 0.25) is 0 Å². The lowest BCUT2D eigenvalue weighted by atomic mass is 10.0. The van der Waals surface area contributed by atoms with E-state index in [-0.39, 0.29) is 0 Å². The van der Waals surface area contributed by atoms with Crippen molar-refractivity contribution >= 4 is 40.4 Å². The fourth-order valence-corrected chi connectivity index (χ4v) is 15.6. The molecule has 0 saturated carbocycles. The minimum Gasteiger partial charge on any atom is -0.152 e. The van der Waals surface area contributed by atoms with E-state index in [4.69, 9.17) is 0 Å². The molecular formula is C24H38S2Si. The smallest absolute Gasteiger partial charge is 0.134 e. The summed E-state index contributed by atoms with van der Waals surface area (Å²) in [5.74, 6) is 1.84. The molecule has 0 aliphatic carbocycles. The third kappa shape index (κ3) is 4.30. The van der Waals surface area contributed by atoms with E-state index in [1.165, 1.54) is 63.5 Å². The Morgan fingerprint density at radius 1 is 0.815 bits per heavy atom. The maximum atomic E-state index is 2.54. The number of unbranched alkanes of at least 4 members (excludes halogenated alkanes) is 2. The highest BCUT2D eigenvalue weighted by Gasteiger charge is 2.48. The van der Waals surface area contributed by atoms with Crippen LogP contribution in [0.1, 0.15) is 79.1 Å². The minimum absolute atomic E-state index is 0.918. The molecule has 0 amide bonds. The largest absolute Gasteiger partial charge is 0.152 e. The second-order valence-electron chi connectivity index (χ2n) is 8.65. The summed E-state index contributed by atoms with van der Waals surface area (Å²) in [6, 6.07) is 7.98. The fraction of sp³-hybridized carbons (Fsp3) is 0.667. The number of thiophene rings is 2. The van der Waals surface area contributed by atoms with Crippen molar-refractivity contribution in [2.24, 2.45) is 11.8 Å². The van der Waals surface area contributed by atoms with E-state index in [0.717, 1.165) is 11.8 Å². The predicted octanol–water partition coefficient (Wildman–Crippen LogP) is 7.79. The van der Waals surface area contributed by atoms with Gasteiger partial charge in [0.25, 0.3) is 0 Å². The van der Waals surface area contributed by atoms with Crippen LogP contribution in [0.3, 0.4) is 0 Å². The Morgan fingerprint density at radius 2 is 1.41 bits per heavy atom. The first-order valence-corrected chi connectivity index (χ1v) is 15.5. The van der Waals surface area contributed by atoms with Gasteiger partial charge in [0.05, 0.1) is 0 Å². The molecule has 27 heavy (non-hydrogen) atoms. The summed E-state index contributed by atoms with van der Waals surface area (Å²) >= 11 is 4.11. The summed E-state index contributed by atoms with van der Waals surface area (Å²) in [7, 11) is -1.61. The molecule has 0 nitrogen and oxygen atoms in total. The molecule has 2 atom stereocenters. The van der Waals surface area contributed by atoms with Crippen molar-refractivity contribution in [3.05, 3.63) is 22.9 Å². The summed E-state index contributed by atoms with van der Waals surface area (Å²) in [6.07, 6.45) is 11.1. The van der Waals surface area contributed by atoms with Crippen LogP contribution < -0.4 is 9.69 Å². The van der Waals surface area contributed by atoms with Crippen LogP contribution in [0.15, 0.2) is 22.9 Å². The summed E-state index contributed by atoms with van der Waals surface area (Å²) in [5, 5.41) is 6.58. The highest BCUT2D eigenvalue weighted by Crippen LogP contribution is 2.42. The Balaban J connectivity index is 1.97.